The monoisotopic (exact) mass is 876 g/mol. The van der Waals surface area contributed by atoms with Crippen LogP contribution < -0.4 is 19.5 Å². The second-order valence-electron chi connectivity index (χ2n) is 13.1. The van der Waals surface area contributed by atoms with Crippen molar-refractivity contribution in [3.8, 4) is 17.2 Å². The van der Waals surface area contributed by atoms with Crippen LogP contribution in [0.25, 0.3) is 0 Å². The first-order valence-corrected chi connectivity index (χ1v) is 22.2. The van der Waals surface area contributed by atoms with E-state index < -0.39 is 10.0 Å². The van der Waals surface area contributed by atoms with Gasteiger partial charge in [-0.2, -0.15) is 4.31 Å². The van der Waals surface area contributed by atoms with Crippen molar-refractivity contribution < 1.29 is 70.0 Å². The molecule has 1 N–H and O–H groups in total. The molecule has 18 heteroatoms. The molecular weight excluding hydrogens is 805 g/mol. The van der Waals surface area contributed by atoms with Crippen molar-refractivity contribution in [3.63, 3.8) is 0 Å². The fourth-order valence-corrected chi connectivity index (χ4v) is 7.03. The maximum Gasteiger partial charge on any atom is 0.246 e. The van der Waals surface area contributed by atoms with E-state index in [9.17, 15) is 8.42 Å². The molecule has 0 amide bonds. The molecule has 2 aromatic rings. The van der Waals surface area contributed by atoms with E-state index in [1.165, 1.54) is 11.4 Å². The molecule has 0 aliphatic heterocycles. The molecular formula is C42H72N2O15S. The summed E-state index contributed by atoms with van der Waals surface area (Å²) in [6.07, 6.45) is 0.578. The standard InChI is InChI=1S/C42H72N2O15S/c1-6-58-39-9-7-8-10-40(39)59-16-13-43-37(2)35-38-11-12-41(49-5)42(36-38)60(45,46)44(14-17-50-23-25-54-31-33-56-29-27-52-21-19-47-3)15-18-51-24-26-55-32-34-57-30-28-53-22-20-48-4/h7-12,36-37,43H,6,13-35H2,1-5H3. The van der Waals surface area contributed by atoms with Crippen LogP contribution in [0, 0.1) is 0 Å². The third-order valence-corrected chi connectivity index (χ3v) is 10.4. The summed E-state index contributed by atoms with van der Waals surface area (Å²) in [5, 5.41) is 3.46. The number of methoxy groups -OCH3 is 3. The lowest BCUT2D eigenvalue weighted by Crippen LogP contribution is -2.37. The summed E-state index contributed by atoms with van der Waals surface area (Å²) in [4.78, 5) is 0.0745. The number of ether oxygens (including phenoxy) is 13. The summed E-state index contributed by atoms with van der Waals surface area (Å²) in [5.74, 6) is 1.65. The molecule has 2 rings (SSSR count). The first kappa shape index (κ1) is 53.4. The van der Waals surface area contributed by atoms with Gasteiger partial charge in [-0.3, -0.25) is 0 Å². The molecule has 0 aliphatic rings. The van der Waals surface area contributed by atoms with E-state index in [4.69, 9.17) is 61.6 Å². The van der Waals surface area contributed by atoms with Gasteiger partial charge >= 0.3 is 0 Å². The second-order valence-corrected chi connectivity index (χ2v) is 15.0. The van der Waals surface area contributed by atoms with Crippen molar-refractivity contribution in [2.45, 2.75) is 31.2 Å². The minimum atomic E-state index is -4.03. The van der Waals surface area contributed by atoms with Gasteiger partial charge in [0.2, 0.25) is 10.0 Å². The Hall–Kier alpha value is -2.69. The summed E-state index contributed by atoms with van der Waals surface area (Å²) in [6, 6.07) is 12.9. The van der Waals surface area contributed by atoms with Crippen LogP contribution >= 0.6 is 0 Å². The third kappa shape index (κ3) is 24.7. The first-order chi connectivity index (χ1) is 29.4. The van der Waals surface area contributed by atoms with E-state index >= 15 is 0 Å². The Morgan fingerprint density at radius 2 is 0.983 bits per heavy atom. The highest BCUT2D eigenvalue weighted by molar-refractivity contribution is 7.89. The molecule has 17 nitrogen and oxygen atoms in total. The van der Waals surface area contributed by atoms with E-state index in [1.54, 1.807) is 26.4 Å². The van der Waals surface area contributed by atoms with Gasteiger partial charge in [0.05, 0.1) is 133 Å². The minimum absolute atomic E-state index is 0.0281. The van der Waals surface area contributed by atoms with Crippen molar-refractivity contribution in [1.82, 2.24) is 9.62 Å². The Bertz CT molecular complexity index is 1390. The van der Waals surface area contributed by atoms with Gasteiger partial charge in [-0.05, 0) is 50.1 Å². The van der Waals surface area contributed by atoms with E-state index in [-0.39, 0.29) is 43.0 Å². The highest BCUT2D eigenvalue weighted by Crippen LogP contribution is 2.29. The zero-order valence-corrected chi connectivity index (χ0v) is 37.4. The lowest BCUT2D eigenvalue weighted by Gasteiger charge is -2.24. The van der Waals surface area contributed by atoms with Crippen LogP contribution in [0.2, 0.25) is 0 Å². The Kier molecular flexibility index (Phi) is 31.9. The van der Waals surface area contributed by atoms with Gasteiger partial charge < -0.3 is 66.9 Å². The quantitative estimate of drug-likeness (QED) is 0.0966. The van der Waals surface area contributed by atoms with E-state index in [2.05, 4.69) is 5.32 Å². The number of sulfonamides is 1. The predicted molar refractivity (Wildman–Crippen MR) is 226 cm³/mol. The Balaban J connectivity index is 1.90. The molecule has 0 saturated heterocycles. The minimum Gasteiger partial charge on any atom is -0.495 e. The number of para-hydroxylation sites is 2. The molecule has 2 aromatic carbocycles. The SMILES string of the molecule is CCOc1ccccc1OCCNC(C)Cc1ccc(OC)c(S(=O)(=O)N(CCOCCOCCOCCOCCOC)CCOCCOCCOCCOCCOC)c1. The Labute approximate surface area is 358 Å². The molecule has 346 valence electrons. The second kappa shape index (κ2) is 35.9. The zero-order chi connectivity index (χ0) is 43.4. The molecule has 1 atom stereocenters. The van der Waals surface area contributed by atoms with Crippen molar-refractivity contribution in [2.75, 3.05) is 173 Å². The van der Waals surface area contributed by atoms with Gasteiger partial charge in [-0.15, -0.1) is 0 Å². The van der Waals surface area contributed by atoms with Crippen LogP contribution in [0.1, 0.15) is 19.4 Å². The van der Waals surface area contributed by atoms with E-state index in [1.807, 2.05) is 44.2 Å². The molecule has 0 heterocycles. The average Bonchev–Trinajstić information content (AvgIpc) is 3.25. The van der Waals surface area contributed by atoms with Crippen molar-refractivity contribution in [3.05, 3.63) is 48.0 Å². The third-order valence-electron chi connectivity index (χ3n) is 8.45. The van der Waals surface area contributed by atoms with Gasteiger partial charge in [-0.1, -0.05) is 18.2 Å². The molecule has 0 aliphatic carbocycles. The van der Waals surface area contributed by atoms with Gasteiger partial charge in [0.15, 0.2) is 11.5 Å². The first-order valence-electron chi connectivity index (χ1n) is 20.7. The Morgan fingerprint density at radius 3 is 1.42 bits per heavy atom. The maximum atomic E-state index is 14.3. The molecule has 0 fully saturated rings. The fraction of sp³-hybridized carbons (Fsp3) is 0.714. The summed E-state index contributed by atoms with van der Waals surface area (Å²) in [7, 11) is 0.682. The van der Waals surface area contributed by atoms with Crippen molar-refractivity contribution in [2.24, 2.45) is 0 Å². The van der Waals surface area contributed by atoms with Crippen LogP contribution in [-0.4, -0.2) is 192 Å². The Morgan fingerprint density at radius 1 is 0.550 bits per heavy atom. The summed E-state index contributed by atoms with van der Waals surface area (Å²) in [5.41, 5.74) is 0.837. The van der Waals surface area contributed by atoms with Crippen LogP contribution in [0.3, 0.4) is 0 Å². The molecule has 0 radical (unpaired) electrons. The lowest BCUT2D eigenvalue weighted by atomic mass is 10.1. The predicted octanol–water partition coefficient (Wildman–Crippen LogP) is 3.11. The molecule has 0 spiro atoms. The summed E-state index contributed by atoms with van der Waals surface area (Å²) >= 11 is 0. The molecule has 0 bridgehead atoms. The maximum absolute atomic E-state index is 14.3. The number of nitrogens with one attached hydrogen (secondary N) is 1. The molecule has 60 heavy (non-hydrogen) atoms. The van der Waals surface area contributed by atoms with Crippen LogP contribution in [0.4, 0.5) is 0 Å². The van der Waals surface area contributed by atoms with Crippen LogP contribution in [0.5, 0.6) is 17.2 Å². The van der Waals surface area contributed by atoms with Crippen LogP contribution in [0.15, 0.2) is 47.4 Å². The number of rotatable bonds is 42. The molecule has 0 saturated carbocycles. The number of benzene rings is 2. The topological polar surface area (TPSA) is 169 Å². The largest absolute Gasteiger partial charge is 0.495 e. The average molecular weight is 877 g/mol. The lowest BCUT2D eigenvalue weighted by molar-refractivity contribution is -0.0104. The number of hydrogen-bond acceptors (Lipinski definition) is 16. The van der Waals surface area contributed by atoms with E-state index in [0.29, 0.717) is 143 Å². The molecule has 0 aromatic heterocycles. The summed E-state index contributed by atoms with van der Waals surface area (Å²) < 4.78 is 101. The van der Waals surface area contributed by atoms with Gasteiger partial charge in [-0.25, -0.2) is 8.42 Å². The zero-order valence-electron chi connectivity index (χ0n) is 36.6. The van der Waals surface area contributed by atoms with Gasteiger partial charge in [0.25, 0.3) is 0 Å². The van der Waals surface area contributed by atoms with Crippen LogP contribution in [-0.2, 0) is 63.8 Å². The number of nitrogens with zero attached hydrogens (tertiary/aromatic N) is 1. The summed E-state index contributed by atoms with van der Waals surface area (Å²) in [6.45, 7) is 13.0. The molecule has 1 unspecified atom stereocenters. The normalized spacial score (nSPS) is 12.3. The fourth-order valence-electron chi connectivity index (χ4n) is 5.42. The smallest absolute Gasteiger partial charge is 0.246 e. The van der Waals surface area contributed by atoms with E-state index in [0.717, 1.165) is 5.56 Å². The van der Waals surface area contributed by atoms with Crippen molar-refractivity contribution >= 4 is 10.0 Å². The number of hydrogen-bond donors (Lipinski definition) is 1. The highest BCUT2D eigenvalue weighted by Gasteiger charge is 2.28. The van der Waals surface area contributed by atoms with Crippen molar-refractivity contribution in [1.29, 1.82) is 0 Å². The van der Waals surface area contributed by atoms with Gasteiger partial charge in [0.1, 0.15) is 17.3 Å². The highest BCUT2D eigenvalue weighted by atomic mass is 32.2. The van der Waals surface area contributed by atoms with Gasteiger partial charge in [0, 0.05) is 39.9 Å².